The van der Waals surface area contributed by atoms with Gasteiger partial charge in [-0.25, -0.2) is 8.78 Å². The fraction of sp³-hybridized carbons (Fsp3) is 0.0455. The fourth-order valence-electron chi connectivity index (χ4n) is 2.93. The molecule has 1 unspecified atom stereocenters. The van der Waals surface area contributed by atoms with Gasteiger partial charge in [-0.15, -0.1) is 11.3 Å². The molecule has 0 saturated carbocycles. The third-order valence-electron chi connectivity index (χ3n) is 4.41. The van der Waals surface area contributed by atoms with Crippen molar-refractivity contribution in [3.8, 4) is 5.69 Å². The molecule has 0 fully saturated rings. The van der Waals surface area contributed by atoms with E-state index < -0.39 is 23.3 Å². The predicted octanol–water partition coefficient (Wildman–Crippen LogP) is 4.09. The van der Waals surface area contributed by atoms with Crippen molar-refractivity contribution >= 4 is 17.2 Å². The van der Waals surface area contributed by atoms with Crippen molar-refractivity contribution in [2.45, 2.75) is 6.04 Å². The number of halogens is 2. The maximum atomic E-state index is 13.3. The molecule has 8 heteroatoms. The minimum Gasteiger partial charge on any atom is -0.339 e. The summed E-state index contributed by atoms with van der Waals surface area (Å²) in [5.74, 6) is -1.32. The largest absolute Gasteiger partial charge is 0.339 e. The van der Waals surface area contributed by atoms with E-state index in [4.69, 9.17) is 0 Å². The van der Waals surface area contributed by atoms with Gasteiger partial charge in [0.1, 0.15) is 17.3 Å². The first-order chi connectivity index (χ1) is 14.5. The number of nitrogens with zero attached hydrogens (tertiary/aromatic N) is 2. The number of nitrogens with one attached hydrogen (secondary N) is 1. The predicted molar refractivity (Wildman–Crippen MR) is 110 cm³/mol. The van der Waals surface area contributed by atoms with E-state index in [0.717, 1.165) is 9.56 Å². The van der Waals surface area contributed by atoms with Gasteiger partial charge in [0, 0.05) is 10.9 Å². The highest BCUT2D eigenvalue weighted by molar-refractivity contribution is 7.10. The number of hydrogen-bond acceptors (Lipinski definition) is 4. The van der Waals surface area contributed by atoms with Gasteiger partial charge in [-0.1, -0.05) is 18.2 Å². The lowest BCUT2D eigenvalue weighted by molar-refractivity contribution is 0.0936. The van der Waals surface area contributed by atoms with Gasteiger partial charge in [-0.2, -0.15) is 9.78 Å². The molecule has 4 rings (SSSR count). The van der Waals surface area contributed by atoms with Crippen LogP contribution in [0.4, 0.5) is 8.78 Å². The van der Waals surface area contributed by atoms with Crippen LogP contribution in [0.1, 0.15) is 27.0 Å². The molecule has 0 aliphatic rings. The van der Waals surface area contributed by atoms with Crippen LogP contribution in [0.2, 0.25) is 0 Å². The van der Waals surface area contributed by atoms with Crippen LogP contribution in [0.15, 0.2) is 83.0 Å². The molecule has 4 aromatic rings. The van der Waals surface area contributed by atoms with Crippen LogP contribution < -0.4 is 10.9 Å². The highest BCUT2D eigenvalue weighted by Gasteiger charge is 2.20. The van der Waals surface area contributed by atoms with Crippen molar-refractivity contribution in [3.63, 3.8) is 0 Å². The Bertz CT molecular complexity index is 1220. The van der Waals surface area contributed by atoms with Crippen LogP contribution in [0.3, 0.4) is 0 Å². The summed E-state index contributed by atoms with van der Waals surface area (Å²) in [6.45, 7) is 0. The molecule has 0 bridgehead atoms. The normalized spacial score (nSPS) is 11.8. The molecule has 1 amide bonds. The van der Waals surface area contributed by atoms with Crippen molar-refractivity contribution in [3.05, 3.63) is 116 Å². The first kappa shape index (κ1) is 19.7. The van der Waals surface area contributed by atoms with E-state index in [1.807, 2.05) is 17.5 Å². The fourth-order valence-corrected chi connectivity index (χ4v) is 3.74. The van der Waals surface area contributed by atoms with E-state index in [1.54, 1.807) is 12.1 Å². The molecule has 0 aliphatic heterocycles. The molecule has 2 aromatic heterocycles. The van der Waals surface area contributed by atoms with Gasteiger partial charge >= 0.3 is 0 Å². The molecule has 150 valence electrons. The minimum absolute atomic E-state index is 0.0163. The average molecular weight is 423 g/mol. The summed E-state index contributed by atoms with van der Waals surface area (Å²) in [5.41, 5.74) is 0.609. The lowest BCUT2D eigenvalue weighted by Crippen LogP contribution is -2.32. The number of rotatable bonds is 5. The van der Waals surface area contributed by atoms with E-state index in [1.165, 1.54) is 59.9 Å². The van der Waals surface area contributed by atoms with Crippen LogP contribution in [0, 0.1) is 11.6 Å². The van der Waals surface area contributed by atoms with Gasteiger partial charge in [0.25, 0.3) is 11.5 Å². The van der Waals surface area contributed by atoms with Gasteiger partial charge in [0.05, 0.1) is 11.7 Å². The third-order valence-corrected chi connectivity index (χ3v) is 5.35. The monoisotopic (exact) mass is 423 g/mol. The first-order valence-corrected chi connectivity index (χ1v) is 9.85. The molecule has 0 radical (unpaired) electrons. The summed E-state index contributed by atoms with van der Waals surface area (Å²) in [4.78, 5) is 26.0. The molecule has 1 N–H and O–H groups in total. The zero-order chi connectivity index (χ0) is 21.1. The summed E-state index contributed by atoms with van der Waals surface area (Å²) in [6, 6.07) is 16.8. The number of thiophene rings is 1. The summed E-state index contributed by atoms with van der Waals surface area (Å²) in [7, 11) is 0. The molecular weight excluding hydrogens is 408 g/mol. The summed E-state index contributed by atoms with van der Waals surface area (Å²) in [5, 5.41) is 8.90. The lowest BCUT2D eigenvalue weighted by Gasteiger charge is -2.18. The Morgan fingerprint density at radius 3 is 2.23 bits per heavy atom. The van der Waals surface area contributed by atoms with E-state index in [-0.39, 0.29) is 11.5 Å². The van der Waals surface area contributed by atoms with Gasteiger partial charge in [-0.3, -0.25) is 9.59 Å². The average Bonchev–Trinajstić information content (AvgIpc) is 3.28. The molecule has 2 heterocycles. The van der Waals surface area contributed by atoms with Crippen molar-refractivity contribution in [1.29, 1.82) is 0 Å². The van der Waals surface area contributed by atoms with Gasteiger partial charge in [-0.05, 0) is 59.5 Å². The molecule has 2 aromatic carbocycles. The van der Waals surface area contributed by atoms with Crippen molar-refractivity contribution < 1.29 is 13.6 Å². The Hall–Kier alpha value is -3.65. The topological polar surface area (TPSA) is 64.0 Å². The smallest absolute Gasteiger partial charge is 0.272 e. The zero-order valence-electron chi connectivity index (χ0n) is 15.5. The molecule has 0 spiro atoms. The zero-order valence-corrected chi connectivity index (χ0v) is 16.3. The number of carbonyl (C=O) groups is 1. The van der Waals surface area contributed by atoms with Crippen molar-refractivity contribution in [2.75, 3.05) is 0 Å². The quantitative estimate of drug-likeness (QED) is 0.526. The SMILES string of the molecule is O=C(NC(c1ccc(F)cc1)c1cccs1)c1ccc(=O)n(-c2ccc(F)cc2)n1. The Morgan fingerprint density at radius 1 is 0.933 bits per heavy atom. The Balaban J connectivity index is 1.66. The molecular formula is C22H15F2N3O2S. The van der Waals surface area contributed by atoms with Gasteiger partial charge < -0.3 is 5.32 Å². The number of benzene rings is 2. The van der Waals surface area contributed by atoms with Crippen molar-refractivity contribution in [1.82, 2.24) is 15.1 Å². The minimum atomic E-state index is -0.508. The van der Waals surface area contributed by atoms with E-state index in [0.29, 0.717) is 11.3 Å². The number of aromatic nitrogens is 2. The van der Waals surface area contributed by atoms with Crippen molar-refractivity contribution in [2.24, 2.45) is 0 Å². The number of hydrogen-bond donors (Lipinski definition) is 1. The van der Waals surface area contributed by atoms with Crippen LogP contribution in [0.25, 0.3) is 5.69 Å². The molecule has 0 aliphatic carbocycles. The molecule has 30 heavy (non-hydrogen) atoms. The Morgan fingerprint density at radius 2 is 1.60 bits per heavy atom. The van der Waals surface area contributed by atoms with Gasteiger partial charge in [0.2, 0.25) is 0 Å². The van der Waals surface area contributed by atoms with E-state index in [2.05, 4.69) is 10.4 Å². The number of amides is 1. The van der Waals surface area contributed by atoms with E-state index in [9.17, 15) is 18.4 Å². The van der Waals surface area contributed by atoms with E-state index >= 15 is 0 Å². The second-order valence-corrected chi connectivity index (χ2v) is 7.40. The van der Waals surface area contributed by atoms with Gasteiger partial charge in [0.15, 0.2) is 0 Å². The summed E-state index contributed by atoms with van der Waals surface area (Å²) >= 11 is 1.45. The molecule has 5 nitrogen and oxygen atoms in total. The summed E-state index contributed by atoms with van der Waals surface area (Å²) < 4.78 is 27.6. The second kappa shape index (κ2) is 8.38. The van der Waals surface area contributed by atoms with Crippen LogP contribution in [-0.2, 0) is 0 Å². The summed E-state index contributed by atoms with van der Waals surface area (Å²) in [6.07, 6.45) is 0. The third kappa shape index (κ3) is 4.18. The van der Waals surface area contributed by atoms with Crippen LogP contribution in [0.5, 0.6) is 0 Å². The Kier molecular flexibility index (Phi) is 5.49. The Labute approximate surface area is 174 Å². The maximum absolute atomic E-state index is 13.3. The molecule has 1 atom stereocenters. The second-order valence-electron chi connectivity index (χ2n) is 6.42. The standard InChI is InChI=1S/C22H15F2N3O2S/c23-15-5-3-14(4-6-15)21(19-2-1-13-30-19)25-22(29)18-11-12-20(28)27(26-18)17-9-7-16(24)8-10-17/h1-13,21H,(H,25,29). The first-order valence-electron chi connectivity index (χ1n) is 8.97. The number of carbonyl (C=O) groups excluding carboxylic acids is 1. The highest BCUT2D eigenvalue weighted by Crippen LogP contribution is 2.26. The lowest BCUT2D eigenvalue weighted by atomic mass is 10.0. The highest BCUT2D eigenvalue weighted by atomic mass is 32.1. The van der Waals surface area contributed by atoms with Crippen LogP contribution >= 0.6 is 11.3 Å². The maximum Gasteiger partial charge on any atom is 0.272 e. The van der Waals surface area contributed by atoms with Crippen LogP contribution in [-0.4, -0.2) is 15.7 Å². The molecule has 0 saturated heterocycles.